The maximum Gasteiger partial charge on any atom is 0.287 e. The lowest BCUT2D eigenvalue weighted by molar-refractivity contribution is 0.0904. The first-order valence-electron chi connectivity index (χ1n) is 7.72. The van der Waals surface area contributed by atoms with Crippen LogP contribution in [0, 0.1) is 0 Å². The Kier molecular flexibility index (Phi) is 4.49. The van der Waals surface area contributed by atoms with Gasteiger partial charge >= 0.3 is 0 Å². The van der Waals surface area contributed by atoms with E-state index in [0.717, 1.165) is 18.2 Å². The zero-order valence-corrected chi connectivity index (χ0v) is 12.8. The maximum atomic E-state index is 12.3. The van der Waals surface area contributed by atoms with Gasteiger partial charge in [-0.15, -0.1) is 0 Å². The quantitative estimate of drug-likeness (QED) is 0.855. The number of halogens is 1. The number of amides is 1. The van der Waals surface area contributed by atoms with E-state index in [1.54, 1.807) is 18.2 Å². The van der Waals surface area contributed by atoms with E-state index in [1.165, 1.54) is 32.1 Å². The van der Waals surface area contributed by atoms with Crippen molar-refractivity contribution in [3.05, 3.63) is 35.0 Å². The van der Waals surface area contributed by atoms with Gasteiger partial charge in [-0.25, -0.2) is 0 Å². The van der Waals surface area contributed by atoms with Crippen molar-refractivity contribution in [1.82, 2.24) is 5.32 Å². The number of furan rings is 1. The second-order valence-electron chi connectivity index (χ2n) is 5.81. The molecule has 1 aromatic heterocycles. The van der Waals surface area contributed by atoms with Crippen molar-refractivity contribution in [2.45, 2.75) is 51.0 Å². The standard InChI is InChI=1S/C17H20ClNO2/c18-13-8-9-15-12(10-13)11-16(21-15)17(20)19-14-6-4-2-1-3-5-7-14/h8-11,14H,1-7H2,(H,19,20). The molecule has 0 unspecified atom stereocenters. The monoisotopic (exact) mass is 305 g/mol. The molecule has 1 saturated carbocycles. The second kappa shape index (κ2) is 6.52. The van der Waals surface area contributed by atoms with E-state index in [-0.39, 0.29) is 11.9 Å². The van der Waals surface area contributed by atoms with Crippen LogP contribution in [-0.2, 0) is 0 Å². The molecule has 1 aromatic carbocycles. The van der Waals surface area contributed by atoms with Gasteiger partial charge in [0.1, 0.15) is 5.58 Å². The Hall–Kier alpha value is -1.48. The summed E-state index contributed by atoms with van der Waals surface area (Å²) < 4.78 is 5.61. The molecule has 21 heavy (non-hydrogen) atoms. The van der Waals surface area contributed by atoms with Gasteiger partial charge in [-0.3, -0.25) is 4.79 Å². The summed E-state index contributed by atoms with van der Waals surface area (Å²) in [6.45, 7) is 0. The molecule has 3 rings (SSSR count). The summed E-state index contributed by atoms with van der Waals surface area (Å²) in [6.07, 6.45) is 8.40. The number of hydrogen-bond acceptors (Lipinski definition) is 2. The summed E-state index contributed by atoms with van der Waals surface area (Å²) >= 11 is 5.95. The smallest absolute Gasteiger partial charge is 0.287 e. The van der Waals surface area contributed by atoms with E-state index in [1.807, 2.05) is 6.07 Å². The maximum absolute atomic E-state index is 12.3. The summed E-state index contributed by atoms with van der Waals surface area (Å²) in [5.41, 5.74) is 0.696. The van der Waals surface area contributed by atoms with E-state index in [9.17, 15) is 4.79 Å². The van der Waals surface area contributed by atoms with Crippen molar-refractivity contribution in [1.29, 1.82) is 0 Å². The van der Waals surface area contributed by atoms with Crippen LogP contribution in [0.15, 0.2) is 28.7 Å². The Morgan fingerprint density at radius 3 is 2.57 bits per heavy atom. The van der Waals surface area contributed by atoms with Crippen LogP contribution in [0.4, 0.5) is 0 Å². The largest absolute Gasteiger partial charge is 0.451 e. The molecule has 2 aromatic rings. The Morgan fingerprint density at radius 1 is 1.10 bits per heavy atom. The Labute approximate surface area is 129 Å². The summed E-state index contributed by atoms with van der Waals surface area (Å²) in [5, 5.41) is 4.63. The minimum Gasteiger partial charge on any atom is -0.451 e. The first-order chi connectivity index (χ1) is 10.2. The molecule has 1 heterocycles. The fraction of sp³-hybridized carbons (Fsp3) is 0.471. The average molecular weight is 306 g/mol. The van der Waals surface area contributed by atoms with Crippen LogP contribution >= 0.6 is 11.6 Å². The molecular weight excluding hydrogens is 286 g/mol. The zero-order valence-electron chi connectivity index (χ0n) is 12.0. The number of carbonyl (C=O) groups is 1. The van der Waals surface area contributed by atoms with Crippen molar-refractivity contribution in [2.75, 3.05) is 0 Å². The molecule has 1 aliphatic carbocycles. The van der Waals surface area contributed by atoms with Gasteiger partial charge in [-0.1, -0.05) is 43.7 Å². The molecule has 112 valence electrons. The number of carbonyl (C=O) groups excluding carboxylic acids is 1. The van der Waals surface area contributed by atoms with Crippen molar-refractivity contribution < 1.29 is 9.21 Å². The summed E-state index contributed by atoms with van der Waals surface area (Å²) in [4.78, 5) is 12.3. The minimum absolute atomic E-state index is 0.118. The highest BCUT2D eigenvalue weighted by atomic mass is 35.5. The van der Waals surface area contributed by atoms with Gasteiger partial charge in [0.15, 0.2) is 5.76 Å². The molecule has 0 atom stereocenters. The molecule has 0 bridgehead atoms. The lowest BCUT2D eigenvalue weighted by Gasteiger charge is -2.20. The average Bonchev–Trinajstić information content (AvgIpc) is 2.84. The summed E-state index contributed by atoms with van der Waals surface area (Å²) in [5.74, 6) is 0.252. The van der Waals surface area contributed by atoms with E-state index < -0.39 is 0 Å². The summed E-state index contributed by atoms with van der Waals surface area (Å²) in [7, 11) is 0. The van der Waals surface area contributed by atoms with E-state index >= 15 is 0 Å². The molecule has 0 radical (unpaired) electrons. The molecule has 4 heteroatoms. The van der Waals surface area contributed by atoms with Gasteiger partial charge in [0, 0.05) is 16.5 Å². The minimum atomic E-state index is -0.118. The van der Waals surface area contributed by atoms with Crippen molar-refractivity contribution in [3.63, 3.8) is 0 Å². The SMILES string of the molecule is O=C(NC1CCCCCCC1)c1cc2cc(Cl)ccc2o1. The van der Waals surface area contributed by atoms with Gasteiger partial charge < -0.3 is 9.73 Å². The molecule has 3 nitrogen and oxygen atoms in total. The van der Waals surface area contributed by atoms with Crippen LogP contribution in [0.25, 0.3) is 11.0 Å². The van der Waals surface area contributed by atoms with Crippen LogP contribution in [0.3, 0.4) is 0 Å². The normalized spacial score (nSPS) is 17.4. The predicted molar refractivity (Wildman–Crippen MR) is 84.8 cm³/mol. The topological polar surface area (TPSA) is 42.2 Å². The van der Waals surface area contributed by atoms with E-state index in [0.29, 0.717) is 16.4 Å². The third-order valence-corrected chi connectivity index (χ3v) is 4.38. The number of rotatable bonds is 2. The van der Waals surface area contributed by atoms with Crippen LogP contribution in [0.5, 0.6) is 0 Å². The van der Waals surface area contributed by atoms with Gasteiger partial charge in [-0.05, 0) is 37.1 Å². The number of fused-ring (bicyclic) bond motifs is 1. The fourth-order valence-corrected chi connectivity index (χ4v) is 3.16. The Morgan fingerprint density at radius 2 is 1.81 bits per heavy atom. The molecule has 1 fully saturated rings. The Bertz CT molecular complexity index is 627. The fourth-order valence-electron chi connectivity index (χ4n) is 2.98. The van der Waals surface area contributed by atoms with Gasteiger partial charge in [-0.2, -0.15) is 0 Å². The van der Waals surface area contributed by atoms with Gasteiger partial charge in [0.25, 0.3) is 5.91 Å². The highest BCUT2D eigenvalue weighted by Crippen LogP contribution is 2.23. The lowest BCUT2D eigenvalue weighted by Crippen LogP contribution is -2.35. The van der Waals surface area contributed by atoms with Crippen LogP contribution in [-0.4, -0.2) is 11.9 Å². The number of hydrogen-bond donors (Lipinski definition) is 1. The van der Waals surface area contributed by atoms with Gasteiger partial charge in [0.05, 0.1) is 0 Å². The predicted octanol–water partition coefficient (Wildman–Crippen LogP) is 4.93. The third-order valence-electron chi connectivity index (χ3n) is 4.14. The Balaban J connectivity index is 1.70. The van der Waals surface area contributed by atoms with Crippen LogP contribution < -0.4 is 5.32 Å². The molecule has 0 saturated heterocycles. The van der Waals surface area contributed by atoms with Crippen LogP contribution in [0.2, 0.25) is 5.02 Å². The molecule has 0 aliphatic heterocycles. The van der Waals surface area contributed by atoms with Gasteiger partial charge in [0.2, 0.25) is 0 Å². The highest BCUT2D eigenvalue weighted by Gasteiger charge is 2.18. The molecular formula is C17H20ClNO2. The highest BCUT2D eigenvalue weighted by molar-refractivity contribution is 6.31. The first kappa shape index (κ1) is 14.5. The van der Waals surface area contributed by atoms with Crippen LogP contribution in [0.1, 0.15) is 55.5 Å². The molecule has 0 spiro atoms. The van der Waals surface area contributed by atoms with Crippen molar-refractivity contribution >= 4 is 28.5 Å². The van der Waals surface area contributed by atoms with E-state index in [2.05, 4.69) is 5.32 Å². The van der Waals surface area contributed by atoms with Crippen molar-refractivity contribution in [2.24, 2.45) is 0 Å². The number of benzene rings is 1. The zero-order chi connectivity index (χ0) is 14.7. The first-order valence-corrected chi connectivity index (χ1v) is 8.10. The van der Waals surface area contributed by atoms with Crippen molar-refractivity contribution in [3.8, 4) is 0 Å². The third kappa shape index (κ3) is 3.59. The van der Waals surface area contributed by atoms with E-state index in [4.69, 9.17) is 16.0 Å². The summed E-state index contributed by atoms with van der Waals surface area (Å²) in [6, 6.07) is 7.41. The molecule has 1 N–H and O–H groups in total. The lowest BCUT2D eigenvalue weighted by atomic mass is 9.97. The molecule has 1 amide bonds. The number of nitrogens with one attached hydrogen (secondary N) is 1. The second-order valence-corrected chi connectivity index (χ2v) is 6.24. The molecule has 1 aliphatic rings.